The summed E-state index contributed by atoms with van der Waals surface area (Å²) in [5, 5.41) is 11.6. The number of imidazole rings is 1. The van der Waals surface area contributed by atoms with Crippen molar-refractivity contribution in [1.29, 1.82) is 0 Å². The Balaban J connectivity index is 2.03. The molecule has 2 aromatic heterocycles. The maximum Gasteiger partial charge on any atom is 0.195 e. The molecule has 0 aliphatic carbocycles. The standard InChI is InChI=1S/C13H19N3OS/c1-2-10-5-3-4-6-15(10)12-11(9-17)16-7-8-18-13(16)14-12/h7-8,10,17H,2-6,9H2,1H3. The zero-order valence-corrected chi connectivity index (χ0v) is 11.5. The Kier molecular flexibility index (Phi) is 3.26. The smallest absolute Gasteiger partial charge is 0.195 e. The van der Waals surface area contributed by atoms with Crippen molar-refractivity contribution in [2.24, 2.45) is 0 Å². The fraction of sp³-hybridized carbons (Fsp3) is 0.615. The normalized spacial score (nSPS) is 20.8. The summed E-state index contributed by atoms with van der Waals surface area (Å²) < 4.78 is 2.02. The van der Waals surface area contributed by atoms with Crippen LogP contribution in [0.1, 0.15) is 38.3 Å². The predicted octanol–water partition coefficient (Wildman–Crippen LogP) is 2.66. The van der Waals surface area contributed by atoms with Crippen molar-refractivity contribution in [3.8, 4) is 0 Å². The zero-order chi connectivity index (χ0) is 12.5. The first kappa shape index (κ1) is 12.0. The molecule has 1 N–H and O–H groups in total. The van der Waals surface area contributed by atoms with Gasteiger partial charge in [-0.15, -0.1) is 11.3 Å². The van der Waals surface area contributed by atoms with Crippen LogP contribution in [0.15, 0.2) is 11.6 Å². The lowest BCUT2D eigenvalue weighted by Crippen LogP contribution is -2.39. The molecule has 0 spiro atoms. The summed E-state index contributed by atoms with van der Waals surface area (Å²) in [6.07, 6.45) is 6.92. The van der Waals surface area contributed by atoms with Crippen LogP contribution in [0.3, 0.4) is 0 Å². The van der Waals surface area contributed by atoms with E-state index < -0.39 is 0 Å². The largest absolute Gasteiger partial charge is 0.390 e. The molecular formula is C13H19N3OS. The van der Waals surface area contributed by atoms with Gasteiger partial charge in [0.05, 0.1) is 12.3 Å². The number of anilines is 1. The monoisotopic (exact) mass is 265 g/mol. The third-order valence-electron chi connectivity index (χ3n) is 3.86. The van der Waals surface area contributed by atoms with Crippen molar-refractivity contribution >= 4 is 22.1 Å². The van der Waals surface area contributed by atoms with E-state index >= 15 is 0 Å². The second kappa shape index (κ2) is 4.90. The highest BCUT2D eigenvalue weighted by molar-refractivity contribution is 7.15. The van der Waals surface area contributed by atoms with Gasteiger partial charge in [0, 0.05) is 24.2 Å². The van der Waals surface area contributed by atoms with E-state index in [-0.39, 0.29) is 6.61 Å². The molecule has 0 radical (unpaired) electrons. The van der Waals surface area contributed by atoms with Gasteiger partial charge in [-0.1, -0.05) is 6.92 Å². The predicted molar refractivity (Wildman–Crippen MR) is 74.3 cm³/mol. The van der Waals surface area contributed by atoms with Gasteiger partial charge < -0.3 is 10.0 Å². The maximum atomic E-state index is 9.63. The van der Waals surface area contributed by atoms with E-state index in [0.717, 1.165) is 29.4 Å². The zero-order valence-electron chi connectivity index (χ0n) is 10.7. The number of aliphatic hydroxyl groups is 1. The molecule has 0 saturated carbocycles. The molecule has 3 rings (SSSR count). The van der Waals surface area contributed by atoms with Gasteiger partial charge in [-0.2, -0.15) is 0 Å². The molecule has 3 heterocycles. The minimum atomic E-state index is 0.0557. The minimum Gasteiger partial charge on any atom is -0.390 e. The van der Waals surface area contributed by atoms with Crippen molar-refractivity contribution in [3.05, 3.63) is 17.3 Å². The third-order valence-corrected chi connectivity index (χ3v) is 4.62. The highest BCUT2D eigenvalue weighted by Crippen LogP contribution is 2.30. The molecule has 1 unspecified atom stereocenters. The summed E-state index contributed by atoms with van der Waals surface area (Å²) >= 11 is 1.62. The molecule has 1 saturated heterocycles. The second-order valence-electron chi connectivity index (χ2n) is 4.85. The summed E-state index contributed by atoms with van der Waals surface area (Å²) in [6.45, 7) is 3.36. The summed E-state index contributed by atoms with van der Waals surface area (Å²) in [7, 11) is 0. The molecule has 2 aromatic rings. The van der Waals surface area contributed by atoms with Crippen LogP contribution in [-0.2, 0) is 6.61 Å². The van der Waals surface area contributed by atoms with Crippen LogP contribution >= 0.6 is 11.3 Å². The number of hydrogen-bond donors (Lipinski definition) is 1. The molecule has 1 aliphatic rings. The van der Waals surface area contributed by atoms with Crippen molar-refractivity contribution < 1.29 is 5.11 Å². The van der Waals surface area contributed by atoms with Crippen LogP contribution in [-0.4, -0.2) is 27.1 Å². The number of piperidine rings is 1. The molecule has 98 valence electrons. The highest BCUT2D eigenvalue weighted by atomic mass is 32.1. The Hall–Kier alpha value is -1.07. The first-order chi connectivity index (χ1) is 8.85. The van der Waals surface area contributed by atoms with E-state index in [4.69, 9.17) is 4.98 Å². The first-order valence-electron chi connectivity index (χ1n) is 6.67. The van der Waals surface area contributed by atoms with Crippen molar-refractivity contribution in [1.82, 2.24) is 9.38 Å². The Morgan fingerprint density at radius 3 is 3.17 bits per heavy atom. The minimum absolute atomic E-state index is 0.0557. The molecule has 1 aliphatic heterocycles. The fourth-order valence-corrected chi connectivity index (χ4v) is 3.63. The summed E-state index contributed by atoms with van der Waals surface area (Å²) in [5.74, 6) is 0.996. The van der Waals surface area contributed by atoms with Crippen LogP contribution < -0.4 is 4.90 Å². The summed E-state index contributed by atoms with van der Waals surface area (Å²) in [6, 6.07) is 0.577. The van der Waals surface area contributed by atoms with Gasteiger partial charge >= 0.3 is 0 Å². The van der Waals surface area contributed by atoms with Gasteiger partial charge in [0.15, 0.2) is 10.8 Å². The Labute approximate surface area is 111 Å². The lowest BCUT2D eigenvalue weighted by atomic mass is 10.00. The average Bonchev–Trinajstić information content (AvgIpc) is 2.98. The number of nitrogens with zero attached hydrogens (tertiary/aromatic N) is 3. The fourth-order valence-electron chi connectivity index (χ4n) is 2.90. The number of hydrogen-bond acceptors (Lipinski definition) is 4. The van der Waals surface area contributed by atoms with E-state index in [2.05, 4.69) is 11.8 Å². The third kappa shape index (κ3) is 1.82. The molecule has 0 amide bonds. The van der Waals surface area contributed by atoms with E-state index in [0.29, 0.717) is 6.04 Å². The quantitative estimate of drug-likeness (QED) is 0.927. The lowest BCUT2D eigenvalue weighted by Gasteiger charge is -2.36. The number of aromatic nitrogens is 2. The van der Waals surface area contributed by atoms with Gasteiger partial charge in [-0.3, -0.25) is 4.40 Å². The number of thiazole rings is 1. The molecule has 4 nitrogen and oxygen atoms in total. The molecule has 5 heteroatoms. The average molecular weight is 265 g/mol. The van der Waals surface area contributed by atoms with Gasteiger partial charge in [0.1, 0.15) is 0 Å². The van der Waals surface area contributed by atoms with E-state index in [9.17, 15) is 5.11 Å². The van der Waals surface area contributed by atoms with E-state index in [1.807, 2.05) is 16.0 Å². The molecule has 18 heavy (non-hydrogen) atoms. The Bertz CT molecular complexity index is 533. The maximum absolute atomic E-state index is 9.63. The highest BCUT2D eigenvalue weighted by Gasteiger charge is 2.26. The van der Waals surface area contributed by atoms with Crippen LogP contribution in [0.25, 0.3) is 4.96 Å². The van der Waals surface area contributed by atoms with Gasteiger partial charge in [0.2, 0.25) is 0 Å². The van der Waals surface area contributed by atoms with Gasteiger partial charge in [-0.05, 0) is 25.7 Å². The van der Waals surface area contributed by atoms with E-state index in [1.54, 1.807) is 11.3 Å². The van der Waals surface area contributed by atoms with Crippen LogP contribution in [0.2, 0.25) is 0 Å². The SMILES string of the molecule is CCC1CCCCN1c1nc2sccn2c1CO. The van der Waals surface area contributed by atoms with Crippen molar-refractivity contribution in [2.45, 2.75) is 45.3 Å². The van der Waals surface area contributed by atoms with Crippen LogP contribution in [0.4, 0.5) is 5.82 Å². The number of aliphatic hydroxyl groups excluding tert-OH is 1. The summed E-state index contributed by atoms with van der Waals surface area (Å²) in [4.78, 5) is 8.09. The molecule has 1 fully saturated rings. The molecule has 0 bridgehead atoms. The molecular weight excluding hydrogens is 246 g/mol. The van der Waals surface area contributed by atoms with Crippen LogP contribution in [0.5, 0.6) is 0 Å². The Morgan fingerprint density at radius 1 is 1.50 bits per heavy atom. The van der Waals surface area contributed by atoms with Crippen molar-refractivity contribution in [2.75, 3.05) is 11.4 Å². The van der Waals surface area contributed by atoms with Gasteiger partial charge in [0.25, 0.3) is 0 Å². The lowest BCUT2D eigenvalue weighted by molar-refractivity contribution is 0.275. The van der Waals surface area contributed by atoms with Crippen LogP contribution in [0, 0.1) is 0 Å². The molecule has 1 atom stereocenters. The number of rotatable bonds is 3. The topological polar surface area (TPSA) is 40.8 Å². The molecule has 0 aromatic carbocycles. The first-order valence-corrected chi connectivity index (χ1v) is 7.55. The summed E-state index contributed by atoms with van der Waals surface area (Å²) in [5.41, 5.74) is 0.937. The van der Waals surface area contributed by atoms with E-state index in [1.165, 1.54) is 19.3 Å². The van der Waals surface area contributed by atoms with Crippen molar-refractivity contribution in [3.63, 3.8) is 0 Å². The Morgan fingerprint density at radius 2 is 2.39 bits per heavy atom. The second-order valence-corrected chi connectivity index (χ2v) is 5.72. The van der Waals surface area contributed by atoms with Gasteiger partial charge in [-0.25, -0.2) is 4.98 Å². The number of fused-ring (bicyclic) bond motifs is 1.